The topological polar surface area (TPSA) is 18.5 Å². The van der Waals surface area contributed by atoms with Gasteiger partial charge in [-0.1, -0.05) is 64.2 Å². The Hall–Kier alpha value is 0.230. The second kappa shape index (κ2) is 13.9. The maximum absolute atomic E-state index is 4.03. The Bertz CT molecular complexity index is 950. The molecule has 3 aliphatic heterocycles. The van der Waals surface area contributed by atoms with Gasteiger partial charge in [0.05, 0.1) is 5.37 Å². The summed E-state index contributed by atoms with van der Waals surface area (Å²) in [4.78, 5) is 6.59. The lowest BCUT2D eigenvalue weighted by Crippen LogP contribution is -2.55. The monoisotopic (exact) mass is 636 g/mol. The van der Waals surface area contributed by atoms with Crippen molar-refractivity contribution in [2.24, 2.45) is 35.5 Å². The van der Waals surface area contributed by atoms with Gasteiger partial charge in [0.15, 0.2) is 0 Å². The van der Waals surface area contributed by atoms with Gasteiger partial charge in [-0.3, -0.25) is 9.80 Å². The summed E-state index contributed by atoms with van der Waals surface area (Å²) < 4.78 is 0. The van der Waals surface area contributed by atoms with Crippen LogP contribution in [0.5, 0.6) is 0 Å². The highest BCUT2D eigenvalue weighted by Gasteiger charge is 2.56. The van der Waals surface area contributed by atoms with Gasteiger partial charge in [-0.05, 0) is 145 Å². The second-order valence-electron chi connectivity index (χ2n) is 18.3. The van der Waals surface area contributed by atoms with Crippen LogP contribution in [0.3, 0.4) is 0 Å². The molecule has 254 valence electrons. The van der Waals surface area contributed by atoms with Crippen molar-refractivity contribution in [3.63, 3.8) is 0 Å². The maximum Gasteiger partial charge on any atom is 0.0569 e. The first-order chi connectivity index (χ1) is 22.3. The van der Waals surface area contributed by atoms with Crippen molar-refractivity contribution in [2.45, 2.75) is 214 Å². The molecule has 0 spiro atoms. The number of nitrogens with zero attached hydrogens (tertiary/aromatic N) is 2. The highest BCUT2D eigenvalue weighted by molar-refractivity contribution is 8.00. The zero-order valence-electron chi connectivity index (χ0n) is 29.0. The maximum atomic E-state index is 4.03. The average Bonchev–Trinajstić information content (AvgIpc) is 3.65. The fourth-order valence-corrected chi connectivity index (χ4v) is 16.6. The van der Waals surface area contributed by atoms with Crippen molar-refractivity contribution in [1.29, 1.82) is 0 Å². The minimum absolute atomic E-state index is 0.800. The summed E-state index contributed by atoms with van der Waals surface area (Å²) in [5, 5.41) is 5.82. The van der Waals surface area contributed by atoms with Crippen LogP contribution in [0.1, 0.15) is 167 Å². The normalized spacial score (nSPS) is 48.5. The molecule has 9 rings (SSSR count). The molecule has 3 nitrogen and oxygen atoms in total. The van der Waals surface area contributed by atoms with E-state index in [2.05, 4.69) is 26.9 Å². The van der Waals surface area contributed by atoms with Crippen LogP contribution >= 0.6 is 11.8 Å². The molecule has 0 radical (unpaired) electrons. The van der Waals surface area contributed by atoms with Gasteiger partial charge in [0.1, 0.15) is 0 Å². The molecule has 10 atom stereocenters. The number of piperidine rings is 1. The quantitative estimate of drug-likeness (QED) is 0.324. The van der Waals surface area contributed by atoms with Crippen LogP contribution in [0, 0.1) is 35.5 Å². The van der Waals surface area contributed by atoms with E-state index in [0.29, 0.717) is 0 Å². The van der Waals surface area contributed by atoms with E-state index in [-0.39, 0.29) is 0 Å². The molecule has 9 aliphatic rings. The number of likely N-dealkylation sites (tertiary alicyclic amines) is 1. The Balaban J connectivity index is 0.889. The summed E-state index contributed by atoms with van der Waals surface area (Å²) in [6, 6.07) is 5.57. The van der Waals surface area contributed by atoms with Crippen LogP contribution < -0.4 is 5.32 Å². The molecule has 1 N–H and O–H groups in total. The predicted molar refractivity (Wildman–Crippen MR) is 191 cm³/mol. The summed E-state index contributed by atoms with van der Waals surface area (Å²) in [6.45, 7) is 1.30. The van der Waals surface area contributed by atoms with Gasteiger partial charge in [0.25, 0.3) is 0 Å². The van der Waals surface area contributed by atoms with E-state index in [9.17, 15) is 0 Å². The summed E-state index contributed by atoms with van der Waals surface area (Å²) in [6.07, 6.45) is 39.7. The van der Waals surface area contributed by atoms with Crippen LogP contribution in [0.2, 0.25) is 0 Å². The molecule has 0 aromatic carbocycles. The standard InChI is InChI=1S/C41H69N3S/c1-3-11-29(12-4-1)43(30-13-5-2-6-14-30)32-23-24-38-36(27-32)34-15-7-9-17-37(34)44(38)31-21-19-28(20-22-31)33-25-26-42-41-40(33)35-16-8-10-18-39(35)45-41/h28-42H,1-27H2. The first kappa shape index (κ1) is 31.2. The molecule has 0 aromatic rings. The van der Waals surface area contributed by atoms with E-state index in [1.165, 1.54) is 129 Å². The molecule has 0 amide bonds. The van der Waals surface area contributed by atoms with E-state index in [1.807, 2.05) is 0 Å². The van der Waals surface area contributed by atoms with Crippen LogP contribution in [-0.4, -0.2) is 63.2 Å². The third-order valence-corrected chi connectivity index (χ3v) is 18.1. The van der Waals surface area contributed by atoms with Gasteiger partial charge in [-0.2, -0.15) is 0 Å². The molecule has 0 aromatic heterocycles. The Morgan fingerprint density at radius 2 is 1.13 bits per heavy atom. The number of rotatable bonds is 5. The molecular weight excluding hydrogens is 567 g/mol. The van der Waals surface area contributed by atoms with Gasteiger partial charge in [0.2, 0.25) is 0 Å². The molecule has 10 unspecified atom stereocenters. The van der Waals surface area contributed by atoms with Gasteiger partial charge in [0, 0.05) is 41.5 Å². The largest absolute Gasteiger partial charge is 0.305 e. The number of thioether (sulfide) groups is 1. The molecule has 45 heavy (non-hydrogen) atoms. The van der Waals surface area contributed by atoms with Gasteiger partial charge in [-0.15, -0.1) is 11.8 Å². The average molecular weight is 636 g/mol. The lowest BCUT2D eigenvalue weighted by molar-refractivity contribution is -0.00989. The predicted octanol–water partition coefficient (Wildman–Crippen LogP) is 9.78. The number of fused-ring (bicyclic) bond motifs is 6. The van der Waals surface area contributed by atoms with Crippen molar-refractivity contribution < 1.29 is 0 Å². The van der Waals surface area contributed by atoms with Gasteiger partial charge < -0.3 is 5.32 Å². The first-order valence-corrected chi connectivity index (χ1v) is 22.2. The Kier molecular flexibility index (Phi) is 9.62. The molecule has 6 aliphatic carbocycles. The summed E-state index contributed by atoms with van der Waals surface area (Å²) in [7, 11) is 0. The number of nitrogens with one attached hydrogen (secondary N) is 1. The molecule has 9 fully saturated rings. The Labute approximate surface area is 281 Å². The third kappa shape index (κ3) is 5.94. The molecule has 6 saturated carbocycles. The van der Waals surface area contributed by atoms with Crippen molar-refractivity contribution in [3.8, 4) is 0 Å². The van der Waals surface area contributed by atoms with E-state index in [1.54, 1.807) is 44.9 Å². The molecule has 0 bridgehead atoms. The molecule has 3 heterocycles. The fraction of sp³-hybridized carbons (Fsp3) is 1.00. The van der Waals surface area contributed by atoms with Crippen LogP contribution in [0.4, 0.5) is 0 Å². The van der Waals surface area contributed by atoms with Crippen molar-refractivity contribution in [1.82, 2.24) is 15.1 Å². The number of hydrogen-bond acceptors (Lipinski definition) is 4. The number of hydrogen-bond donors (Lipinski definition) is 1. The summed E-state index contributed by atoms with van der Waals surface area (Å²) in [5.41, 5.74) is 0. The second-order valence-corrected chi connectivity index (χ2v) is 19.7. The van der Waals surface area contributed by atoms with E-state index < -0.39 is 0 Å². The SMILES string of the molecule is C1CCC(N(C2CCCCC2)C2CCC3C(C2)C2CCCCC2N3C2CCC(C3CCNC4SC5CCCCC5C43)CC2)CC1. The molecule has 3 saturated heterocycles. The highest BCUT2D eigenvalue weighted by Crippen LogP contribution is 2.57. The first-order valence-electron chi connectivity index (χ1n) is 21.3. The van der Waals surface area contributed by atoms with E-state index in [0.717, 1.165) is 82.4 Å². The van der Waals surface area contributed by atoms with Crippen molar-refractivity contribution in [3.05, 3.63) is 0 Å². The smallest absolute Gasteiger partial charge is 0.0569 e. The van der Waals surface area contributed by atoms with Crippen LogP contribution in [-0.2, 0) is 0 Å². The Morgan fingerprint density at radius 3 is 1.89 bits per heavy atom. The van der Waals surface area contributed by atoms with Crippen LogP contribution in [0.25, 0.3) is 0 Å². The highest BCUT2D eigenvalue weighted by atomic mass is 32.2. The minimum Gasteiger partial charge on any atom is -0.305 e. The van der Waals surface area contributed by atoms with Crippen molar-refractivity contribution >= 4 is 11.8 Å². The zero-order valence-corrected chi connectivity index (χ0v) is 29.8. The Morgan fingerprint density at radius 1 is 0.489 bits per heavy atom. The van der Waals surface area contributed by atoms with E-state index in [4.69, 9.17) is 0 Å². The fourth-order valence-electron chi connectivity index (χ4n) is 14.6. The molecular formula is C41H69N3S. The lowest BCUT2D eigenvalue weighted by atomic mass is 9.64. The lowest BCUT2D eigenvalue weighted by Gasteiger charge is -2.51. The third-order valence-electron chi connectivity index (χ3n) is 16.4. The van der Waals surface area contributed by atoms with Gasteiger partial charge in [-0.25, -0.2) is 0 Å². The van der Waals surface area contributed by atoms with Crippen LogP contribution in [0.15, 0.2) is 0 Å². The van der Waals surface area contributed by atoms with Gasteiger partial charge >= 0.3 is 0 Å². The summed E-state index contributed by atoms with van der Waals surface area (Å²) in [5.74, 6) is 6.17. The van der Waals surface area contributed by atoms with E-state index >= 15 is 0 Å². The minimum atomic E-state index is 0.800. The zero-order chi connectivity index (χ0) is 29.7. The summed E-state index contributed by atoms with van der Waals surface area (Å²) >= 11 is 2.39. The van der Waals surface area contributed by atoms with Crippen molar-refractivity contribution in [2.75, 3.05) is 6.54 Å². The molecule has 4 heteroatoms.